The summed E-state index contributed by atoms with van der Waals surface area (Å²) in [5.41, 5.74) is 4.12. The molecule has 0 radical (unpaired) electrons. The highest BCUT2D eigenvalue weighted by atomic mass is 16.2. The summed E-state index contributed by atoms with van der Waals surface area (Å²) < 4.78 is 0. The molecule has 3 aliphatic carbocycles. The highest BCUT2D eigenvalue weighted by Crippen LogP contribution is 2.35. The van der Waals surface area contributed by atoms with Crippen molar-refractivity contribution in [1.82, 2.24) is 10.6 Å². The molecule has 2 amide bonds. The number of hydrogen-bond donors (Lipinski definition) is 2. The van der Waals surface area contributed by atoms with Gasteiger partial charge in [-0.25, -0.2) is 0 Å². The molecule has 0 saturated heterocycles. The summed E-state index contributed by atoms with van der Waals surface area (Å²) in [6.07, 6.45) is 10.9. The van der Waals surface area contributed by atoms with Crippen LogP contribution in [-0.4, -0.2) is 18.4 Å². The van der Waals surface area contributed by atoms with E-state index in [1.807, 2.05) is 6.92 Å². The maximum absolute atomic E-state index is 13.0. The molecule has 25 heavy (non-hydrogen) atoms. The van der Waals surface area contributed by atoms with Crippen molar-refractivity contribution in [2.75, 3.05) is 6.54 Å². The van der Waals surface area contributed by atoms with Crippen LogP contribution in [0.5, 0.6) is 0 Å². The average molecular weight is 344 g/mol. The second kappa shape index (κ2) is 8.20. The van der Waals surface area contributed by atoms with Crippen LogP contribution in [0.2, 0.25) is 0 Å². The lowest BCUT2D eigenvalue weighted by Gasteiger charge is -2.24. The van der Waals surface area contributed by atoms with E-state index in [0.717, 1.165) is 62.8 Å². The smallest absolute Gasteiger partial charge is 0.253 e. The Kier molecular flexibility index (Phi) is 5.98. The molecular formula is C21H32N2O2. The fourth-order valence-electron chi connectivity index (χ4n) is 3.72. The Morgan fingerprint density at radius 3 is 2.44 bits per heavy atom. The summed E-state index contributed by atoms with van der Waals surface area (Å²) >= 11 is 0. The van der Waals surface area contributed by atoms with Gasteiger partial charge in [0.2, 0.25) is 5.91 Å². The molecule has 3 rings (SSSR count). The summed E-state index contributed by atoms with van der Waals surface area (Å²) in [5.74, 6) is 0.896. The van der Waals surface area contributed by atoms with E-state index < -0.39 is 0 Å². The van der Waals surface area contributed by atoms with Gasteiger partial charge in [0.05, 0.1) is 5.57 Å². The predicted molar refractivity (Wildman–Crippen MR) is 99.7 cm³/mol. The molecule has 0 atom stereocenters. The molecule has 3 aliphatic rings. The van der Waals surface area contributed by atoms with Crippen LogP contribution < -0.4 is 10.6 Å². The molecule has 0 aromatic heterocycles. The molecule has 0 aliphatic heterocycles. The fraction of sp³-hybridized carbons (Fsp3) is 0.714. The topological polar surface area (TPSA) is 58.2 Å². The number of hydrogen-bond acceptors (Lipinski definition) is 2. The van der Waals surface area contributed by atoms with Gasteiger partial charge >= 0.3 is 0 Å². The Balaban J connectivity index is 1.85. The van der Waals surface area contributed by atoms with Crippen molar-refractivity contribution < 1.29 is 9.59 Å². The van der Waals surface area contributed by atoms with Crippen LogP contribution >= 0.6 is 0 Å². The van der Waals surface area contributed by atoms with Crippen molar-refractivity contribution in [2.45, 2.75) is 78.1 Å². The van der Waals surface area contributed by atoms with Gasteiger partial charge in [0.1, 0.15) is 0 Å². The van der Waals surface area contributed by atoms with E-state index >= 15 is 0 Å². The molecule has 0 aromatic rings. The number of rotatable bonds is 8. The SMILES string of the molecule is CCCC1=C(/C(C(=O)NCC2CC2)=C(\C)NC(=O)C2CC2)CCCC1. The van der Waals surface area contributed by atoms with Crippen LogP contribution in [0.15, 0.2) is 22.4 Å². The molecule has 4 heteroatoms. The van der Waals surface area contributed by atoms with Gasteiger partial charge in [-0.05, 0) is 76.2 Å². The molecule has 4 nitrogen and oxygen atoms in total. The number of carbonyl (C=O) groups is 2. The fourth-order valence-corrected chi connectivity index (χ4v) is 3.72. The molecular weight excluding hydrogens is 312 g/mol. The monoisotopic (exact) mass is 344 g/mol. The number of carbonyl (C=O) groups excluding carboxylic acids is 2. The zero-order valence-electron chi connectivity index (χ0n) is 15.7. The third kappa shape index (κ3) is 4.96. The van der Waals surface area contributed by atoms with Crippen LogP contribution in [0.1, 0.15) is 78.1 Å². The highest BCUT2D eigenvalue weighted by molar-refractivity contribution is 5.99. The first kappa shape index (κ1) is 18.2. The predicted octanol–water partition coefficient (Wildman–Crippen LogP) is 3.98. The first-order chi connectivity index (χ1) is 12.1. The summed E-state index contributed by atoms with van der Waals surface area (Å²) in [5, 5.41) is 6.15. The molecule has 0 bridgehead atoms. The molecule has 0 heterocycles. The molecule has 2 N–H and O–H groups in total. The van der Waals surface area contributed by atoms with Gasteiger partial charge in [0.25, 0.3) is 5.91 Å². The molecule has 138 valence electrons. The summed E-state index contributed by atoms with van der Waals surface area (Å²) in [7, 11) is 0. The lowest BCUT2D eigenvalue weighted by Crippen LogP contribution is -2.33. The third-order valence-corrected chi connectivity index (χ3v) is 5.54. The quantitative estimate of drug-likeness (QED) is 0.654. The Bertz CT molecular complexity index is 595. The van der Waals surface area contributed by atoms with Crippen molar-refractivity contribution in [3.8, 4) is 0 Å². The largest absolute Gasteiger partial charge is 0.352 e. The van der Waals surface area contributed by atoms with Crippen molar-refractivity contribution in [2.24, 2.45) is 11.8 Å². The van der Waals surface area contributed by atoms with E-state index in [9.17, 15) is 9.59 Å². The van der Waals surface area contributed by atoms with Crippen LogP contribution in [0.25, 0.3) is 0 Å². The summed E-state index contributed by atoms with van der Waals surface area (Å²) in [6, 6.07) is 0. The first-order valence-electron chi connectivity index (χ1n) is 10.1. The molecule has 0 aromatic carbocycles. The normalized spacial score (nSPS) is 21.7. The van der Waals surface area contributed by atoms with Crippen molar-refractivity contribution in [3.63, 3.8) is 0 Å². The van der Waals surface area contributed by atoms with E-state index in [-0.39, 0.29) is 17.7 Å². The van der Waals surface area contributed by atoms with Crippen LogP contribution in [0, 0.1) is 11.8 Å². The standard InChI is InChI=1S/C21H32N2O2/c1-3-6-16-7-4-5-8-18(16)19(21(25)22-13-15-9-10-15)14(2)23-20(24)17-11-12-17/h15,17H,3-13H2,1-2H3,(H,22,25)(H,23,24)/b19-14-. The third-order valence-electron chi connectivity index (χ3n) is 5.54. The molecule has 0 spiro atoms. The van der Waals surface area contributed by atoms with Gasteiger partial charge in [-0.1, -0.05) is 18.9 Å². The number of allylic oxidation sites excluding steroid dienone is 2. The second-order valence-corrected chi connectivity index (χ2v) is 7.96. The van der Waals surface area contributed by atoms with E-state index in [0.29, 0.717) is 5.92 Å². The van der Waals surface area contributed by atoms with Crippen LogP contribution in [0.3, 0.4) is 0 Å². The van der Waals surface area contributed by atoms with E-state index in [2.05, 4.69) is 17.6 Å². The first-order valence-corrected chi connectivity index (χ1v) is 10.1. The molecule has 0 unspecified atom stereocenters. The van der Waals surface area contributed by atoms with Gasteiger partial charge in [0.15, 0.2) is 0 Å². The average Bonchev–Trinajstić information content (AvgIpc) is 3.49. The van der Waals surface area contributed by atoms with Gasteiger partial charge < -0.3 is 10.6 Å². The second-order valence-electron chi connectivity index (χ2n) is 7.96. The van der Waals surface area contributed by atoms with Crippen molar-refractivity contribution >= 4 is 11.8 Å². The Morgan fingerprint density at radius 1 is 1.08 bits per heavy atom. The molecule has 2 saturated carbocycles. The maximum atomic E-state index is 13.0. The zero-order valence-corrected chi connectivity index (χ0v) is 15.7. The van der Waals surface area contributed by atoms with Crippen LogP contribution in [-0.2, 0) is 9.59 Å². The summed E-state index contributed by atoms with van der Waals surface area (Å²) in [6.45, 7) is 4.86. The maximum Gasteiger partial charge on any atom is 0.253 e. The highest BCUT2D eigenvalue weighted by Gasteiger charge is 2.31. The van der Waals surface area contributed by atoms with E-state index in [4.69, 9.17) is 0 Å². The van der Waals surface area contributed by atoms with Gasteiger partial charge in [-0.2, -0.15) is 0 Å². The Morgan fingerprint density at radius 2 is 1.80 bits per heavy atom. The minimum absolute atomic E-state index is 0.00556. The van der Waals surface area contributed by atoms with E-state index in [1.54, 1.807) is 0 Å². The summed E-state index contributed by atoms with van der Waals surface area (Å²) in [4.78, 5) is 25.2. The lowest BCUT2D eigenvalue weighted by molar-refractivity contribution is -0.121. The Labute approximate surface area is 151 Å². The van der Waals surface area contributed by atoms with Gasteiger partial charge in [0, 0.05) is 18.2 Å². The van der Waals surface area contributed by atoms with Gasteiger partial charge in [-0.3, -0.25) is 9.59 Å². The van der Waals surface area contributed by atoms with E-state index in [1.165, 1.54) is 30.4 Å². The zero-order chi connectivity index (χ0) is 17.8. The van der Waals surface area contributed by atoms with Crippen molar-refractivity contribution in [1.29, 1.82) is 0 Å². The number of nitrogens with one attached hydrogen (secondary N) is 2. The minimum Gasteiger partial charge on any atom is -0.352 e. The van der Waals surface area contributed by atoms with Crippen molar-refractivity contribution in [3.05, 3.63) is 22.4 Å². The lowest BCUT2D eigenvalue weighted by atomic mass is 9.84. The minimum atomic E-state index is 0.00556. The molecule has 2 fully saturated rings. The van der Waals surface area contributed by atoms with Crippen LogP contribution in [0.4, 0.5) is 0 Å². The number of amides is 2. The van der Waals surface area contributed by atoms with Gasteiger partial charge in [-0.15, -0.1) is 0 Å². The Hall–Kier alpha value is -1.58.